The fourth-order valence-electron chi connectivity index (χ4n) is 4.52. The third-order valence-corrected chi connectivity index (χ3v) is 7.28. The van der Waals surface area contributed by atoms with E-state index in [4.69, 9.17) is 21.3 Å². The normalized spacial score (nSPS) is 14.2. The summed E-state index contributed by atoms with van der Waals surface area (Å²) in [4.78, 5) is 18.5. The van der Waals surface area contributed by atoms with Gasteiger partial charge in [-0.25, -0.2) is 4.98 Å². The SMILES string of the molecule is O=C(NCc1c(-c2ccc(Cl)cc2)nc2n1CCS2)C1c2ccccc2Oc2ccccc21. The van der Waals surface area contributed by atoms with Crippen LogP contribution >= 0.6 is 23.4 Å². The lowest BCUT2D eigenvalue weighted by Crippen LogP contribution is -2.32. The minimum absolute atomic E-state index is 0.0542. The number of carbonyl (C=O) groups is 1. The van der Waals surface area contributed by atoms with Crippen LogP contribution in [0.2, 0.25) is 5.02 Å². The summed E-state index contributed by atoms with van der Waals surface area (Å²) in [5.74, 6) is 1.95. The lowest BCUT2D eigenvalue weighted by molar-refractivity contribution is -0.122. The monoisotopic (exact) mass is 473 g/mol. The van der Waals surface area contributed by atoms with Crippen LogP contribution in [-0.4, -0.2) is 21.2 Å². The van der Waals surface area contributed by atoms with Crippen molar-refractivity contribution in [2.45, 2.75) is 24.2 Å². The number of fused-ring (bicyclic) bond motifs is 3. The van der Waals surface area contributed by atoms with Crippen LogP contribution in [0.1, 0.15) is 22.7 Å². The van der Waals surface area contributed by atoms with Crippen molar-refractivity contribution in [3.8, 4) is 22.8 Å². The molecule has 0 bridgehead atoms. The number of carbonyl (C=O) groups excluding carboxylic acids is 1. The van der Waals surface area contributed by atoms with Crippen molar-refractivity contribution in [3.05, 3.63) is 94.6 Å². The summed E-state index contributed by atoms with van der Waals surface area (Å²) in [6.07, 6.45) is 0. The van der Waals surface area contributed by atoms with Crippen LogP contribution in [0.25, 0.3) is 11.3 Å². The molecule has 0 unspecified atom stereocenters. The van der Waals surface area contributed by atoms with Crippen molar-refractivity contribution in [2.75, 3.05) is 5.75 Å². The lowest BCUT2D eigenvalue weighted by Gasteiger charge is -2.27. The van der Waals surface area contributed by atoms with E-state index in [2.05, 4.69) is 9.88 Å². The van der Waals surface area contributed by atoms with E-state index in [0.717, 1.165) is 57.0 Å². The fraction of sp³-hybridized carbons (Fsp3) is 0.154. The van der Waals surface area contributed by atoms with E-state index in [0.29, 0.717) is 11.6 Å². The maximum atomic E-state index is 13.6. The molecule has 2 aliphatic heterocycles. The summed E-state index contributed by atoms with van der Waals surface area (Å²) < 4.78 is 8.26. The first-order valence-electron chi connectivity index (χ1n) is 10.8. The van der Waals surface area contributed by atoms with Crippen LogP contribution < -0.4 is 10.1 Å². The summed E-state index contributed by atoms with van der Waals surface area (Å²) in [5.41, 5.74) is 4.65. The van der Waals surface area contributed by atoms with Crippen molar-refractivity contribution in [2.24, 2.45) is 0 Å². The molecule has 6 rings (SSSR count). The molecule has 3 aromatic carbocycles. The molecule has 33 heavy (non-hydrogen) atoms. The summed E-state index contributed by atoms with van der Waals surface area (Å²) >= 11 is 7.83. The van der Waals surface area contributed by atoms with Crippen LogP contribution in [0.3, 0.4) is 0 Å². The molecule has 1 amide bonds. The highest BCUT2D eigenvalue weighted by molar-refractivity contribution is 7.99. The number of nitrogens with one attached hydrogen (secondary N) is 1. The van der Waals surface area contributed by atoms with Gasteiger partial charge in [0.25, 0.3) is 0 Å². The van der Waals surface area contributed by atoms with Crippen molar-refractivity contribution in [1.29, 1.82) is 0 Å². The molecule has 1 N–H and O–H groups in total. The standard InChI is InChI=1S/C26H20ClN3O2S/c27-17-11-9-16(10-12-17)24-20(30-13-14-33-26(30)29-24)15-28-25(31)23-18-5-1-3-7-21(18)32-22-8-4-2-6-19(22)23/h1-12,23H,13-15H2,(H,28,31). The molecule has 0 saturated heterocycles. The highest BCUT2D eigenvalue weighted by Gasteiger charge is 2.33. The number of imidazole rings is 1. The minimum atomic E-state index is -0.430. The Morgan fingerprint density at radius 2 is 1.70 bits per heavy atom. The number of aromatic nitrogens is 2. The third-order valence-electron chi connectivity index (χ3n) is 6.07. The Hall–Kier alpha value is -3.22. The molecule has 5 nitrogen and oxygen atoms in total. The smallest absolute Gasteiger partial charge is 0.232 e. The molecule has 2 aliphatic rings. The van der Waals surface area contributed by atoms with E-state index in [1.165, 1.54) is 0 Å². The second kappa shape index (κ2) is 8.28. The number of para-hydroxylation sites is 2. The fourth-order valence-corrected chi connectivity index (χ4v) is 5.61. The number of ether oxygens (including phenoxy) is 1. The summed E-state index contributed by atoms with van der Waals surface area (Å²) in [6.45, 7) is 1.28. The zero-order chi connectivity index (χ0) is 22.4. The minimum Gasteiger partial charge on any atom is -0.457 e. The molecule has 0 saturated carbocycles. The van der Waals surface area contributed by atoms with Gasteiger partial charge in [0.2, 0.25) is 5.91 Å². The van der Waals surface area contributed by atoms with Crippen LogP contribution in [-0.2, 0) is 17.9 Å². The number of halogens is 1. The van der Waals surface area contributed by atoms with Gasteiger partial charge in [-0.1, -0.05) is 71.9 Å². The van der Waals surface area contributed by atoms with Gasteiger partial charge in [0.15, 0.2) is 5.16 Å². The number of rotatable bonds is 4. The summed E-state index contributed by atoms with van der Waals surface area (Å²) in [6, 6.07) is 23.1. The first-order chi connectivity index (χ1) is 16.2. The van der Waals surface area contributed by atoms with Crippen molar-refractivity contribution in [3.63, 3.8) is 0 Å². The number of thioether (sulfide) groups is 1. The van der Waals surface area contributed by atoms with Gasteiger partial charge in [-0.05, 0) is 24.3 Å². The van der Waals surface area contributed by atoms with E-state index < -0.39 is 5.92 Å². The Labute approximate surface area is 200 Å². The predicted octanol–water partition coefficient (Wildman–Crippen LogP) is 5.86. The van der Waals surface area contributed by atoms with Crippen LogP contribution in [0, 0.1) is 0 Å². The predicted molar refractivity (Wildman–Crippen MR) is 130 cm³/mol. The maximum Gasteiger partial charge on any atom is 0.232 e. The molecule has 4 aromatic rings. The molecule has 0 aliphatic carbocycles. The number of benzene rings is 3. The van der Waals surface area contributed by atoms with Crippen LogP contribution in [0.4, 0.5) is 0 Å². The van der Waals surface area contributed by atoms with E-state index in [-0.39, 0.29) is 5.91 Å². The van der Waals surface area contributed by atoms with Gasteiger partial charge < -0.3 is 14.6 Å². The molecule has 0 spiro atoms. The van der Waals surface area contributed by atoms with Gasteiger partial charge in [0, 0.05) is 34.0 Å². The van der Waals surface area contributed by atoms with Crippen molar-refractivity contribution < 1.29 is 9.53 Å². The van der Waals surface area contributed by atoms with E-state index in [9.17, 15) is 4.79 Å². The van der Waals surface area contributed by atoms with Gasteiger partial charge in [-0.2, -0.15) is 0 Å². The molecule has 7 heteroatoms. The Kier molecular flexibility index (Phi) is 5.12. The molecule has 0 atom stereocenters. The molecular formula is C26H20ClN3O2S. The van der Waals surface area contributed by atoms with Gasteiger partial charge in [-0.15, -0.1) is 0 Å². The molecule has 0 fully saturated rings. The first kappa shape index (κ1) is 20.4. The number of hydrogen-bond donors (Lipinski definition) is 1. The summed E-state index contributed by atoms with van der Waals surface area (Å²) in [5, 5.41) is 4.88. The molecule has 0 radical (unpaired) electrons. The average molecular weight is 474 g/mol. The van der Waals surface area contributed by atoms with Gasteiger partial charge in [-0.3, -0.25) is 4.79 Å². The maximum absolute atomic E-state index is 13.6. The topological polar surface area (TPSA) is 56.2 Å². The third kappa shape index (κ3) is 3.59. The zero-order valence-corrected chi connectivity index (χ0v) is 19.2. The van der Waals surface area contributed by atoms with E-state index in [1.54, 1.807) is 11.8 Å². The van der Waals surface area contributed by atoms with Gasteiger partial charge in [0.05, 0.1) is 23.9 Å². The Balaban J connectivity index is 1.33. The Bertz CT molecular complexity index is 1320. The molecule has 164 valence electrons. The lowest BCUT2D eigenvalue weighted by atomic mass is 9.87. The highest BCUT2D eigenvalue weighted by Crippen LogP contribution is 2.44. The van der Waals surface area contributed by atoms with Crippen LogP contribution in [0.5, 0.6) is 11.5 Å². The van der Waals surface area contributed by atoms with Crippen LogP contribution in [0.15, 0.2) is 78.0 Å². The highest BCUT2D eigenvalue weighted by atomic mass is 35.5. The largest absolute Gasteiger partial charge is 0.457 e. The van der Waals surface area contributed by atoms with E-state index in [1.807, 2.05) is 72.8 Å². The zero-order valence-electron chi connectivity index (χ0n) is 17.6. The second-order valence-corrected chi connectivity index (χ2v) is 9.52. The van der Waals surface area contributed by atoms with Crippen molar-refractivity contribution in [1.82, 2.24) is 14.9 Å². The molecular weight excluding hydrogens is 454 g/mol. The van der Waals surface area contributed by atoms with Gasteiger partial charge in [0.1, 0.15) is 11.5 Å². The van der Waals surface area contributed by atoms with Gasteiger partial charge >= 0.3 is 0 Å². The Morgan fingerprint density at radius 3 is 2.39 bits per heavy atom. The second-order valence-electron chi connectivity index (χ2n) is 8.03. The Morgan fingerprint density at radius 1 is 1.03 bits per heavy atom. The first-order valence-corrected chi connectivity index (χ1v) is 12.2. The quantitative estimate of drug-likeness (QED) is 0.403. The number of hydrogen-bond acceptors (Lipinski definition) is 4. The molecule has 3 heterocycles. The summed E-state index contributed by atoms with van der Waals surface area (Å²) in [7, 11) is 0. The van der Waals surface area contributed by atoms with Crippen molar-refractivity contribution >= 4 is 29.3 Å². The molecule has 1 aromatic heterocycles. The number of nitrogens with zero attached hydrogens (tertiary/aromatic N) is 2. The van der Waals surface area contributed by atoms with E-state index >= 15 is 0 Å². The number of amides is 1. The average Bonchev–Trinajstić information content (AvgIpc) is 3.43.